The second kappa shape index (κ2) is 13.6. The third-order valence-corrected chi connectivity index (χ3v) is 11.7. The molecule has 0 aromatic heterocycles. The maximum atomic E-state index is 13.8. The molecule has 4 N–H and O–H groups in total. The minimum absolute atomic E-state index is 0.00791. The Balaban J connectivity index is 1.16. The molecule has 0 spiro atoms. The number of hydrogen-bond acceptors (Lipinski definition) is 13. The first-order valence-corrected chi connectivity index (χ1v) is 16.6. The van der Waals surface area contributed by atoms with Gasteiger partial charge in [-0.3, -0.25) is 34.4 Å². The number of rotatable bonds is 11. The number of nitrogens with one attached hydrogen (secondary N) is 1. The highest BCUT2D eigenvalue weighted by molar-refractivity contribution is 5.95. The monoisotopic (exact) mass is 683 g/mol. The predicted octanol–water partition coefficient (Wildman–Crippen LogP) is 1.88. The number of aliphatic hydroxyl groups is 1. The van der Waals surface area contributed by atoms with Crippen LogP contribution in [0.5, 0.6) is 5.75 Å². The second-order valence-electron chi connectivity index (χ2n) is 14.3. The molecular weight excluding hydrogens is 640 g/mol. The molecule has 1 aromatic carbocycles. The van der Waals surface area contributed by atoms with E-state index in [1.165, 1.54) is 6.07 Å². The number of Topliss-reactive ketones (excluding diaryl/α,β-unsaturated/α-hetero) is 2. The van der Waals surface area contributed by atoms with Crippen molar-refractivity contribution in [2.24, 2.45) is 28.6 Å². The van der Waals surface area contributed by atoms with E-state index in [4.69, 9.17) is 9.47 Å². The first-order chi connectivity index (χ1) is 23.0. The maximum Gasteiger partial charge on any atom is 0.328 e. The Morgan fingerprint density at radius 3 is 2.51 bits per heavy atom. The van der Waals surface area contributed by atoms with Crippen LogP contribution >= 0.6 is 0 Å². The quantitative estimate of drug-likeness (QED) is 0.194. The molecule has 0 heterocycles. The molecule has 49 heavy (non-hydrogen) atoms. The molecule has 4 aliphatic rings. The fourth-order valence-corrected chi connectivity index (χ4v) is 9.08. The van der Waals surface area contributed by atoms with Gasteiger partial charge in [0.1, 0.15) is 17.4 Å². The number of hydrogen-bond donors (Lipinski definition) is 4. The van der Waals surface area contributed by atoms with E-state index in [1.54, 1.807) is 13.0 Å². The molecule has 3 fully saturated rings. The lowest BCUT2D eigenvalue weighted by molar-refractivity contribution is -0.268. The van der Waals surface area contributed by atoms with Crippen molar-refractivity contribution < 1.29 is 58.9 Å². The van der Waals surface area contributed by atoms with Crippen LogP contribution in [-0.4, -0.2) is 76.1 Å². The molecule has 1 aromatic rings. The normalized spacial score (nSPS) is 31.0. The number of ether oxygens (including phenoxy) is 2. The average molecular weight is 684 g/mol. The molecule has 14 nitrogen and oxygen atoms in total. The zero-order chi connectivity index (χ0) is 35.9. The maximum absolute atomic E-state index is 13.8. The number of ketones is 3. The average Bonchev–Trinajstić information content (AvgIpc) is 3.33. The topological polar surface area (TPSA) is 220 Å². The van der Waals surface area contributed by atoms with E-state index in [0.717, 1.165) is 24.8 Å². The lowest BCUT2D eigenvalue weighted by Gasteiger charge is -2.57. The second-order valence-corrected chi connectivity index (χ2v) is 14.3. The Bertz CT molecular complexity index is 1590. The number of carbonyl (C=O) groups excluding carboxylic acids is 6. The Labute approximate surface area is 283 Å². The van der Waals surface area contributed by atoms with Crippen LogP contribution in [0.25, 0.3) is 0 Å². The smallest absolute Gasteiger partial charge is 0.328 e. The number of esters is 2. The van der Waals surface area contributed by atoms with Gasteiger partial charge in [0.2, 0.25) is 11.7 Å². The van der Waals surface area contributed by atoms with E-state index in [0.29, 0.717) is 37.7 Å². The van der Waals surface area contributed by atoms with Crippen LogP contribution in [-0.2, 0) is 44.7 Å². The van der Waals surface area contributed by atoms with Crippen LogP contribution in [0, 0.1) is 28.6 Å². The van der Waals surface area contributed by atoms with E-state index in [-0.39, 0.29) is 53.8 Å². The van der Waals surface area contributed by atoms with E-state index >= 15 is 0 Å². The Kier molecular flexibility index (Phi) is 10.1. The van der Waals surface area contributed by atoms with Crippen molar-refractivity contribution in [3.05, 3.63) is 35.4 Å². The minimum atomic E-state index is -1.88. The predicted molar refractivity (Wildman–Crippen MR) is 167 cm³/mol. The molecule has 0 bridgehead atoms. The number of nitrogens with zero attached hydrogens (tertiary/aromatic N) is 1. The molecule has 7 atom stereocenters. The Morgan fingerprint density at radius 2 is 1.82 bits per heavy atom. The third-order valence-electron chi connectivity index (χ3n) is 11.7. The van der Waals surface area contributed by atoms with Crippen LogP contribution in [0.2, 0.25) is 0 Å². The molecule has 266 valence electrons. The number of allylic oxidation sites excluding steroid dienone is 1. The summed E-state index contributed by atoms with van der Waals surface area (Å²) in [6.45, 7) is 3.11. The Morgan fingerprint density at radius 1 is 1.08 bits per heavy atom. The molecule has 4 aliphatic carbocycles. The van der Waals surface area contributed by atoms with Gasteiger partial charge in [0.05, 0.1) is 19.2 Å². The fraction of sp³-hybridized carbons (Fsp3) is 0.600. The summed E-state index contributed by atoms with van der Waals surface area (Å²) in [4.78, 5) is 77.0. The lowest BCUT2D eigenvalue weighted by atomic mass is 9.46. The van der Waals surface area contributed by atoms with Gasteiger partial charge in [0.15, 0.2) is 12.4 Å². The first kappa shape index (κ1) is 36.1. The van der Waals surface area contributed by atoms with Crippen LogP contribution in [0.4, 0.5) is 5.69 Å². The Hall–Kier alpha value is -4.14. The zero-order valence-corrected chi connectivity index (χ0v) is 27.9. The van der Waals surface area contributed by atoms with Crippen LogP contribution in [0.15, 0.2) is 29.8 Å². The summed E-state index contributed by atoms with van der Waals surface area (Å²) in [6, 6.07) is 2.30. The van der Waals surface area contributed by atoms with E-state index in [9.17, 15) is 49.4 Å². The van der Waals surface area contributed by atoms with E-state index in [2.05, 4.69) is 12.2 Å². The number of methoxy groups -OCH3 is 1. The number of benzene rings is 1. The van der Waals surface area contributed by atoms with Gasteiger partial charge in [-0.05, 0) is 67.1 Å². The molecule has 5 rings (SSSR count). The van der Waals surface area contributed by atoms with Gasteiger partial charge in [-0.1, -0.05) is 37.3 Å². The van der Waals surface area contributed by atoms with Crippen molar-refractivity contribution in [2.45, 2.75) is 89.7 Å². The van der Waals surface area contributed by atoms with Crippen molar-refractivity contribution in [3.63, 3.8) is 0 Å². The molecule has 0 aliphatic heterocycles. The largest absolute Gasteiger partial charge is 0.871 e. The summed E-state index contributed by atoms with van der Waals surface area (Å²) in [5.41, 5.74) is -2.46. The van der Waals surface area contributed by atoms with Gasteiger partial charge in [-0.25, -0.2) is 4.79 Å². The van der Waals surface area contributed by atoms with Crippen LogP contribution < -0.4 is 15.6 Å². The van der Waals surface area contributed by atoms with Crippen molar-refractivity contribution >= 4 is 40.9 Å². The van der Waals surface area contributed by atoms with Gasteiger partial charge in [0, 0.05) is 37.0 Å². The first-order valence-electron chi connectivity index (χ1n) is 16.6. The van der Waals surface area contributed by atoms with Crippen molar-refractivity contribution in [2.75, 3.05) is 18.9 Å². The standard InChI is InChI=1S/C35H44N2O12/c1-33-12-10-21(38)16-20(33)5-6-22-23-11-13-35(45,34(23,2)17-27(40)31(22)33)28(41)18-49-30(43)9-8-29(42)36-24(32(44)48-3)14-19-4-7-26(39)25(15-19)37(46)47/h4,7,15-16,22-24,31,39,45-47H,5-6,8-14,17-18H2,1-3H3,(H,36,42)/p-1/t22-,23+,24-,31-,33+,34-,35+/m1/s1. The number of anilines is 1. The fourth-order valence-electron chi connectivity index (χ4n) is 9.08. The summed E-state index contributed by atoms with van der Waals surface area (Å²) in [5, 5.41) is 44.2. The van der Waals surface area contributed by atoms with Crippen molar-refractivity contribution in [3.8, 4) is 5.75 Å². The number of amides is 1. The highest BCUT2D eigenvalue weighted by Crippen LogP contribution is 2.66. The van der Waals surface area contributed by atoms with Gasteiger partial charge in [0.25, 0.3) is 0 Å². The molecular formula is C35H43N2O12-. The molecule has 0 saturated heterocycles. The summed E-state index contributed by atoms with van der Waals surface area (Å²) in [7, 11) is 1.11. The van der Waals surface area contributed by atoms with Crippen molar-refractivity contribution in [1.29, 1.82) is 0 Å². The van der Waals surface area contributed by atoms with Crippen molar-refractivity contribution in [1.82, 2.24) is 5.32 Å². The SMILES string of the molecule is COC(=O)[C@@H](Cc1ccc([O-])c(N(O)O)c1)NC(=O)CCC(=O)OCC(=O)[C@@]1(O)CC[C@H]2[C@H]3CCC4=CC(=O)CC[C@]4(C)[C@H]3C(=O)C[C@]21C. The van der Waals surface area contributed by atoms with Crippen LogP contribution in [0.1, 0.15) is 77.2 Å². The number of fused-ring (bicyclic) bond motifs is 5. The van der Waals surface area contributed by atoms with E-state index in [1.807, 2.05) is 0 Å². The van der Waals surface area contributed by atoms with Gasteiger partial charge in [-0.15, -0.1) is 5.23 Å². The summed E-state index contributed by atoms with van der Waals surface area (Å²) in [6.07, 6.45) is 3.77. The molecule has 0 unspecified atom stereocenters. The highest BCUT2D eigenvalue weighted by Gasteiger charge is 2.68. The molecule has 1 amide bonds. The highest BCUT2D eigenvalue weighted by atomic mass is 16.8. The molecule has 14 heteroatoms. The third kappa shape index (κ3) is 6.61. The molecule has 0 radical (unpaired) electrons. The number of carbonyl (C=O) groups is 6. The van der Waals surface area contributed by atoms with Crippen LogP contribution in [0.3, 0.4) is 0 Å². The zero-order valence-electron chi connectivity index (χ0n) is 27.9. The summed E-state index contributed by atoms with van der Waals surface area (Å²) >= 11 is 0. The summed E-state index contributed by atoms with van der Waals surface area (Å²) in [5.74, 6) is -4.15. The lowest BCUT2D eigenvalue weighted by Crippen LogP contribution is -2.61. The molecule has 3 saturated carbocycles. The van der Waals surface area contributed by atoms with Gasteiger partial charge >= 0.3 is 11.9 Å². The van der Waals surface area contributed by atoms with Gasteiger partial charge in [-0.2, -0.15) is 0 Å². The minimum Gasteiger partial charge on any atom is -0.871 e. The van der Waals surface area contributed by atoms with E-state index < -0.39 is 77.0 Å². The summed E-state index contributed by atoms with van der Waals surface area (Å²) < 4.78 is 9.91. The van der Waals surface area contributed by atoms with Gasteiger partial charge < -0.3 is 25.0 Å².